The quantitative estimate of drug-likeness (QED) is 0.568. The highest BCUT2D eigenvalue weighted by Crippen LogP contribution is 2.33. The van der Waals surface area contributed by atoms with Crippen molar-refractivity contribution >= 4 is 18.6 Å². The predicted molar refractivity (Wildman–Crippen MR) is 87.5 cm³/mol. The standard InChI is InChI=1S/C13H33NO4Si2/c1-10-12(3,19(15-6)16-7)14(5)13(4,11-2)20(17-8)18-9/h19-20H,10-11H2,1-9H3. The maximum absolute atomic E-state index is 5.67. The molecule has 2 atom stereocenters. The van der Waals surface area contributed by atoms with E-state index >= 15 is 0 Å². The van der Waals surface area contributed by atoms with E-state index < -0.39 is 18.6 Å². The maximum Gasteiger partial charge on any atom is 0.341 e. The van der Waals surface area contributed by atoms with Crippen LogP contribution >= 0.6 is 0 Å². The summed E-state index contributed by atoms with van der Waals surface area (Å²) in [4.78, 5) is 2.38. The molecule has 0 aromatic heterocycles. The van der Waals surface area contributed by atoms with Gasteiger partial charge in [0.2, 0.25) is 0 Å². The summed E-state index contributed by atoms with van der Waals surface area (Å²) in [6, 6.07) is 0. The lowest BCUT2D eigenvalue weighted by Crippen LogP contribution is -2.69. The van der Waals surface area contributed by atoms with E-state index in [-0.39, 0.29) is 10.3 Å². The van der Waals surface area contributed by atoms with Crippen LogP contribution < -0.4 is 0 Å². The third kappa shape index (κ3) is 3.70. The second-order valence-corrected chi connectivity index (χ2v) is 11.3. The Morgan fingerprint density at radius 3 is 1.15 bits per heavy atom. The summed E-state index contributed by atoms with van der Waals surface area (Å²) in [7, 11) is 5.47. The molecule has 0 aliphatic carbocycles. The molecule has 0 bridgehead atoms. The Bertz CT molecular complexity index is 251. The molecule has 0 aromatic carbocycles. The van der Waals surface area contributed by atoms with Crippen LogP contribution in [0.15, 0.2) is 0 Å². The Kier molecular flexibility index (Phi) is 8.72. The van der Waals surface area contributed by atoms with Gasteiger partial charge < -0.3 is 17.7 Å². The number of nitrogens with zero attached hydrogens (tertiary/aromatic N) is 1. The predicted octanol–water partition coefficient (Wildman–Crippen LogP) is 1.36. The first kappa shape index (κ1) is 20.2. The number of hydrogen-bond acceptors (Lipinski definition) is 5. The minimum absolute atomic E-state index is 0.115. The lowest BCUT2D eigenvalue weighted by molar-refractivity contribution is 0.0525. The summed E-state index contributed by atoms with van der Waals surface area (Å²) in [6.07, 6.45) is 1.93. The molecule has 7 heteroatoms. The molecule has 0 aliphatic heterocycles. The Morgan fingerprint density at radius 1 is 0.750 bits per heavy atom. The number of hydrogen-bond donors (Lipinski definition) is 0. The molecular formula is C13H33NO4Si2. The van der Waals surface area contributed by atoms with Crippen molar-refractivity contribution < 1.29 is 17.7 Å². The molecule has 0 radical (unpaired) electrons. The largest absolute Gasteiger partial charge is 0.399 e. The highest BCUT2D eigenvalue weighted by molar-refractivity contribution is 6.51. The molecule has 0 rings (SSSR count). The van der Waals surface area contributed by atoms with Crippen LogP contribution in [-0.2, 0) is 17.7 Å². The highest BCUT2D eigenvalue weighted by Gasteiger charge is 2.51. The molecule has 5 nitrogen and oxygen atoms in total. The van der Waals surface area contributed by atoms with Crippen molar-refractivity contribution in [2.45, 2.75) is 50.9 Å². The fourth-order valence-electron chi connectivity index (χ4n) is 2.92. The first-order valence-electron chi connectivity index (χ1n) is 7.17. The van der Waals surface area contributed by atoms with Crippen molar-refractivity contribution in [2.75, 3.05) is 35.5 Å². The zero-order chi connectivity index (χ0) is 16.0. The van der Waals surface area contributed by atoms with Crippen molar-refractivity contribution in [2.24, 2.45) is 0 Å². The minimum Gasteiger partial charge on any atom is -0.399 e. The molecule has 0 aliphatic rings. The Balaban J connectivity index is 5.56. The molecule has 0 saturated heterocycles. The SMILES string of the molecule is CCC(C)(N(C)C(C)(CC)[SiH](OC)OC)[SiH](OC)OC. The van der Waals surface area contributed by atoms with Crippen LogP contribution in [0.5, 0.6) is 0 Å². The van der Waals surface area contributed by atoms with Crippen molar-refractivity contribution in [3.63, 3.8) is 0 Å². The minimum atomic E-state index is -1.82. The van der Waals surface area contributed by atoms with Gasteiger partial charge in [-0.15, -0.1) is 0 Å². The lowest BCUT2D eigenvalue weighted by Gasteiger charge is -2.51. The smallest absolute Gasteiger partial charge is 0.341 e. The molecule has 2 unspecified atom stereocenters. The molecule has 0 saturated carbocycles. The van der Waals surface area contributed by atoms with Gasteiger partial charge in [0.15, 0.2) is 0 Å². The molecule has 0 fully saturated rings. The van der Waals surface area contributed by atoms with Gasteiger partial charge in [-0.2, -0.15) is 0 Å². The van der Waals surface area contributed by atoms with Crippen molar-refractivity contribution in [1.29, 1.82) is 0 Å². The Morgan fingerprint density at radius 2 is 1.00 bits per heavy atom. The van der Waals surface area contributed by atoms with Crippen molar-refractivity contribution in [3.05, 3.63) is 0 Å². The zero-order valence-corrected chi connectivity index (χ0v) is 17.0. The van der Waals surface area contributed by atoms with Crippen LogP contribution in [0.1, 0.15) is 40.5 Å². The second-order valence-electron chi connectivity index (χ2n) is 5.59. The van der Waals surface area contributed by atoms with Crippen molar-refractivity contribution in [3.8, 4) is 0 Å². The van der Waals surface area contributed by atoms with Crippen LogP contribution in [0.3, 0.4) is 0 Å². The van der Waals surface area contributed by atoms with Gasteiger partial charge in [-0.25, -0.2) is 0 Å². The lowest BCUT2D eigenvalue weighted by atomic mass is 10.1. The molecular weight excluding hydrogens is 290 g/mol. The van der Waals surface area contributed by atoms with Gasteiger partial charge in [0.05, 0.1) is 10.3 Å². The zero-order valence-electron chi connectivity index (χ0n) is 14.6. The molecule has 0 spiro atoms. The third-order valence-corrected chi connectivity index (χ3v) is 10.2. The Labute approximate surface area is 128 Å². The molecule has 0 heterocycles. The summed E-state index contributed by atoms with van der Waals surface area (Å²) < 4.78 is 22.7. The van der Waals surface area contributed by atoms with E-state index in [0.717, 1.165) is 12.8 Å². The van der Waals surface area contributed by atoms with Gasteiger partial charge >= 0.3 is 18.6 Å². The van der Waals surface area contributed by atoms with Crippen LogP contribution in [0.25, 0.3) is 0 Å². The second kappa shape index (κ2) is 8.62. The highest BCUT2D eigenvalue weighted by atomic mass is 28.3. The first-order chi connectivity index (χ1) is 9.31. The summed E-state index contributed by atoms with van der Waals surface area (Å²) in [6.45, 7) is 8.81. The van der Waals surface area contributed by atoms with Gasteiger partial charge in [0.1, 0.15) is 0 Å². The van der Waals surface area contributed by atoms with Gasteiger partial charge in [-0.05, 0) is 33.7 Å². The van der Waals surface area contributed by atoms with Gasteiger partial charge in [-0.1, -0.05) is 13.8 Å². The molecule has 122 valence electrons. The summed E-state index contributed by atoms with van der Waals surface area (Å²) in [5, 5.41) is -0.229. The normalized spacial score (nSPS) is 18.6. The van der Waals surface area contributed by atoms with E-state index in [4.69, 9.17) is 17.7 Å². The monoisotopic (exact) mass is 323 g/mol. The third-order valence-electron chi connectivity index (χ3n) is 4.84. The van der Waals surface area contributed by atoms with Crippen LogP contribution in [0.4, 0.5) is 0 Å². The van der Waals surface area contributed by atoms with E-state index in [0.29, 0.717) is 0 Å². The van der Waals surface area contributed by atoms with E-state index in [1.54, 1.807) is 28.4 Å². The topological polar surface area (TPSA) is 40.2 Å². The molecule has 20 heavy (non-hydrogen) atoms. The molecule has 0 N–H and O–H groups in total. The van der Waals surface area contributed by atoms with Crippen LogP contribution in [0, 0.1) is 0 Å². The summed E-state index contributed by atoms with van der Waals surface area (Å²) in [5.74, 6) is 0. The summed E-state index contributed by atoms with van der Waals surface area (Å²) in [5.41, 5.74) is 0. The fraction of sp³-hybridized carbons (Fsp3) is 1.00. The molecule has 0 amide bonds. The van der Waals surface area contributed by atoms with E-state index in [1.807, 2.05) is 0 Å². The average molecular weight is 324 g/mol. The average Bonchev–Trinajstić information content (AvgIpc) is 2.48. The van der Waals surface area contributed by atoms with Gasteiger partial charge in [0, 0.05) is 28.4 Å². The first-order valence-corrected chi connectivity index (χ1v) is 10.2. The maximum atomic E-state index is 5.67. The Hall–Kier alpha value is 0.234. The molecule has 0 aromatic rings. The van der Waals surface area contributed by atoms with Gasteiger partial charge in [0.25, 0.3) is 0 Å². The fourth-order valence-corrected chi connectivity index (χ4v) is 7.37. The van der Waals surface area contributed by atoms with Gasteiger partial charge in [-0.3, -0.25) is 4.90 Å². The summed E-state index contributed by atoms with van der Waals surface area (Å²) >= 11 is 0. The van der Waals surface area contributed by atoms with Crippen LogP contribution in [-0.4, -0.2) is 69.3 Å². The van der Waals surface area contributed by atoms with E-state index in [9.17, 15) is 0 Å². The van der Waals surface area contributed by atoms with E-state index in [2.05, 4.69) is 39.6 Å². The number of rotatable bonds is 10. The van der Waals surface area contributed by atoms with Crippen molar-refractivity contribution in [1.82, 2.24) is 4.90 Å². The van der Waals surface area contributed by atoms with E-state index in [1.165, 1.54) is 0 Å². The van der Waals surface area contributed by atoms with Crippen LogP contribution in [0.2, 0.25) is 0 Å².